The molecule has 1 N–H and O–H groups in total. The van der Waals surface area contributed by atoms with E-state index in [9.17, 15) is 5.11 Å². The Morgan fingerprint density at radius 2 is 2.20 bits per heavy atom. The highest BCUT2D eigenvalue weighted by Crippen LogP contribution is 2.53. The van der Waals surface area contributed by atoms with E-state index in [2.05, 4.69) is 4.98 Å². The molecule has 1 fully saturated rings. The predicted molar refractivity (Wildman–Crippen MR) is 54.6 cm³/mol. The summed E-state index contributed by atoms with van der Waals surface area (Å²) < 4.78 is 5.36. The Bertz CT molecular complexity index is 472. The molecule has 1 heterocycles. The van der Waals surface area contributed by atoms with Gasteiger partial charge in [-0.1, -0.05) is 12.1 Å². The SMILES string of the molecule is Oc1cccc(C2(c3cnco3)CC2)c1. The fraction of sp³-hybridized carbons (Fsp3) is 0.250. The van der Waals surface area contributed by atoms with Crippen molar-refractivity contribution in [1.82, 2.24) is 4.98 Å². The monoisotopic (exact) mass is 201 g/mol. The molecule has 0 spiro atoms. The van der Waals surface area contributed by atoms with Crippen LogP contribution in [0.25, 0.3) is 0 Å². The normalized spacial score (nSPS) is 17.6. The lowest BCUT2D eigenvalue weighted by molar-refractivity contribution is 0.464. The first-order valence-electron chi connectivity index (χ1n) is 5.00. The van der Waals surface area contributed by atoms with Crippen LogP contribution in [0.5, 0.6) is 5.75 Å². The molecule has 0 atom stereocenters. The summed E-state index contributed by atoms with van der Waals surface area (Å²) in [5.41, 5.74) is 1.08. The van der Waals surface area contributed by atoms with Crippen molar-refractivity contribution in [3.63, 3.8) is 0 Å². The van der Waals surface area contributed by atoms with Gasteiger partial charge in [0.15, 0.2) is 6.39 Å². The van der Waals surface area contributed by atoms with Crippen LogP contribution in [0.3, 0.4) is 0 Å². The number of hydrogen-bond acceptors (Lipinski definition) is 3. The maximum Gasteiger partial charge on any atom is 0.180 e. The second kappa shape index (κ2) is 2.86. The third kappa shape index (κ3) is 1.23. The molecule has 3 rings (SSSR count). The predicted octanol–water partition coefficient (Wildman–Crippen LogP) is 2.46. The molecule has 1 aliphatic rings. The molecule has 0 aliphatic heterocycles. The first-order chi connectivity index (χ1) is 7.31. The van der Waals surface area contributed by atoms with Crippen molar-refractivity contribution < 1.29 is 9.52 Å². The minimum Gasteiger partial charge on any atom is -0.508 e. The van der Waals surface area contributed by atoms with Gasteiger partial charge in [-0.2, -0.15) is 0 Å². The van der Waals surface area contributed by atoms with Crippen LogP contribution < -0.4 is 0 Å². The van der Waals surface area contributed by atoms with Gasteiger partial charge in [-0.15, -0.1) is 0 Å². The second-order valence-corrected chi connectivity index (χ2v) is 4.00. The minimum atomic E-state index is -0.0325. The third-order valence-electron chi connectivity index (χ3n) is 3.05. The Labute approximate surface area is 87.4 Å². The summed E-state index contributed by atoms with van der Waals surface area (Å²) in [6.45, 7) is 0. The van der Waals surface area contributed by atoms with Gasteiger partial charge < -0.3 is 9.52 Å². The Morgan fingerprint density at radius 3 is 2.80 bits per heavy atom. The van der Waals surface area contributed by atoms with E-state index in [1.807, 2.05) is 12.1 Å². The fourth-order valence-electron chi connectivity index (χ4n) is 2.06. The highest BCUT2D eigenvalue weighted by molar-refractivity contribution is 5.43. The van der Waals surface area contributed by atoms with Crippen molar-refractivity contribution in [3.8, 4) is 5.75 Å². The summed E-state index contributed by atoms with van der Waals surface area (Å²) in [4.78, 5) is 3.95. The van der Waals surface area contributed by atoms with Crippen LogP contribution in [0.1, 0.15) is 24.2 Å². The summed E-state index contributed by atoms with van der Waals surface area (Å²) in [5, 5.41) is 9.46. The zero-order valence-corrected chi connectivity index (χ0v) is 8.18. The zero-order valence-electron chi connectivity index (χ0n) is 8.18. The number of aromatic hydroxyl groups is 1. The van der Waals surface area contributed by atoms with Gasteiger partial charge in [-0.05, 0) is 30.5 Å². The molecule has 0 bridgehead atoms. The summed E-state index contributed by atoms with van der Waals surface area (Å²) in [7, 11) is 0. The van der Waals surface area contributed by atoms with Crippen molar-refractivity contribution in [1.29, 1.82) is 0 Å². The second-order valence-electron chi connectivity index (χ2n) is 4.00. The third-order valence-corrected chi connectivity index (χ3v) is 3.05. The van der Waals surface area contributed by atoms with Crippen molar-refractivity contribution in [3.05, 3.63) is 48.2 Å². The topological polar surface area (TPSA) is 46.3 Å². The van der Waals surface area contributed by atoms with Crippen molar-refractivity contribution in [2.24, 2.45) is 0 Å². The summed E-state index contributed by atoms with van der Waals surface area (Å²) in [6, 6.07) is 7.37. The van der Waals surface area contributed by atoms with Crippen LogP contribution >= 0.6 is 0 Å². The van der Waals surface area contributed by atoms with Gasteiger partial charge in [-0.25, -0.2) is 4.98 Å². The number of oxazole rings is 1. The molecule has 0 radical (unpaired) electrons. The molecule has 1 aromatic carbocycles. The van der Waals surface area contributed by atoms with Crippen LogP contribution in [-0.2, 0) is 5.41 Å². The number of phenols is 1. The van der Waals surface area contributed by atoms with Gasteiger partial charge in [0, 0.05) is 0 Å². The lowest BCUT2D eigenvalue weighted by Gasteiger charge is -2.12. The molecule has 1 aliphatic carbocycles. The van der Waals surface area contributed by atoms with E-state index in [1.165, 1.54) is 6.39 Å². The van der Waals surface area contributed by atoms with Crippen LogP contribution in [-0.4, -0.2) is 10.1 Å². The Hall–Kier alpha value is -1.77. The molecule has 15 heavy (non-hydrogen) atoms. The number of hydrogen-bond donors (Lipinski definition) is 1. The van der Waals surface area contributed by atoms with Gasteiger partial charge in [0.05, 0.1) is 11.6 Å². The maximum atomic E-state index is 9.46. The first-order valence-corrected chi connectivity index (χ1v) is 5.00. The van der Waals surface area contributed by atoms with E-state index in [1.54, 1.807) is 18.3 Å². The molecule has 3 nitrogen and oxygen atoms in total. The van der Waals surface area contributed by atoms with Crippen LogP contribution in [0.15, 0.2) is 41.3 Å². The Kier molecular flexibility index (Phi) is 1.63. The average molecular weight is 201 g/mol. The number of phenolic OH excluding ortho intramolecular Hbond substituents is 1. The number of benzene rings is 1. The van der Waals surface area contributed by atoms with Gasteiger partial charge in [0.2, 0.25) is 0 Å². The van der Waals surface area contributed by atoms with Crippen LogP contribution in [0.2, 0.25) is 0 Å². The standard InChI is InChI=1S/C12H11NO2/c14-10-3-1-2-9(6-10)12(4-5-12)11-7-13-8-15-11/h1-3,6-8,14H,4-5H2. The van der Waals surface area contributed by atoms with E-state index in [0.29, 0.717) is 5.75 Å². The molecular formula is C12H11NO2. The van der Waals surface area contributed by atoms with Gasteiger partial charge in [0.1, 0.15) is 11.5 Å². The highest BCUT2D eigenvalue weighted by atomic mass is 16.3. The highest BCUT2D eigenvalue weighted by Gasteiger charge is 2.48. The maximum absolute atomic E-state index is 9.46. The number of nitrogens with zero attached hydrogens (tertiary/aromatic N) is 1. The lowest BCUT2D eigenvalue weighted by atomic mass is 9.93. The van der Waals surface area contributed by atoms with Gasteiger partial charge >= 0.3 is 0 Å². The summed E-state index contributed by atoms with van der Waals surface area (Å²) in [5.74, 6) is 1.20. The molecule has 1 saturated carbocycles. The zero-order chi connectivity index (χ0) is 10.3. The van der Waals surface area contributed by atoms with E-state index in [-0.39, 0.29) is 5.41 Å². The quantitative estimate of drug-likeness (QED) is 0.811. The van der Waals surface area contributed by atoms with E-state index < -0.39 is 0 Å². The molecule has 0 unspecified atom stereocenters. The summed E-state index contributed by atoms with van der Waals surface area (Å²) >= 11 is 0. The average Bonchev–Trinajstić information content (AvgIpc) is 2.87. The Balaban J connectivity index is 2.07. The van der Waals surface area contributed by atoms with Crippen LogP contribution in [0.4, 0.5) is 0 Å². The van der Waals surface area contributed by atoms with Gasteiger partial charge in [0.25, 0.3) is 0 Å². The van der Waals surface area contributed by atoms with Gasteiger partial charge in [-0.3, -0.25) is 0 Å². The number of rotatable bonds is 2. The molecule has 76 valence electrons. The molecule has 1 aromatic heterocycles. The smallest absolute Gasteiger partial charge is 0.180 e. The Morgan fingerprint density at radius 1 is 1.33 bits per heavy atom. The van der Waals surface area contributed by atoms with E-state index >= 15 is 0 Å². The molecule has 0 amide bonds. The summed E-state index contributed by atoms with van der Waals surface area (Å²) in [6.07, 6.45) is 5.34. The van der Waals surface area contributed by atoms with Crippen molar-refractivity contribution in [2.45, 2.75) is 18.3 Å². The lowest BCUT2D eigenvalue weighted by Crippen LogP contribution is -2.06. The van der Waals surface area contributed by atoms with E-state index in [4.69, 9.17) is 4.42 Å². The molecular weight excluding hydrogens is 190 g/mol. The number of aromatic nitrogens is 1. The molecule has 2 aromatic rings. The molecule has 3 heteroatoms. The van der Waals surface area contributed by atoms with E-state index in [0.717, 1.165) is 24.2 Å². The largest absolute Gasteiger partial charge is 0.508 e. The fourth-order valence-corrected chi connectivity index (χ4v) is 2.06. The first kappa shape index (κ1) is 8.53. The van der Waals surface area contributed by atoms with Crippen LogP contribution in [0, 0.1) is 0 Å². The molecule has 0 saturated heterocycles. The minimum absolute atomic E-state index is 0.0325. The van der Waals surface area contributed by atoms with Crippen molar-refractivity contribution in [2.75, 3.05) is 0 Å². The van der Waals surface area contributed by atoms with Crippen molar-refractivity contribution >= 4 is 0 Å².